The molecule has 1 fully saturated rings. The van der Waals surface area contributed by atoms with Crippen LogP contribution >= 0.6 is 0 Å². The topological polar surface area (TPSA) is 46.2 Å². The van der Waals surface area contributed by atoms with Crippen LogP contribution in [0.15, 0.2) is 24.3 Å². The summed E-state index contributed by atoms with van der Waals surface area (Å²) < 4.78 is 0. The zero-order valence-electron chi connectivity index (χ0n) is 12.2. The van der Waals surface area contributed by atoms with Crippen molar-refractivity contribution in [2.75, 3.05) is 0 Å². The number of allylic oxidation sites excluding steroid dienone is 3. The molecular formula is C16H25NO2. The molecule has 3 heteroatoms. The van der Waals surface area contributed by atoms with E-state index in [0.29, 0.717) is 11.5 Å². The molecule has 3 nitrogen and oxygen atoms in total. The second kappa shape index (κ2) is 6.69. The molecule has 0 aliphatic heterocycles. The Kier molecular flexibility index (Phi) is 5.52. The van der Waals surface area contributed by atoms with Crippen LogP contribution in [0.3, 0.4) is 0 Å². The predicted octanol–water partition coefficient (Wildman–Crippen LogP) is 3.02. The molecule has 0 radical (unpaired) electrons. The quantitative estimate of drug-likeness (QED) is 0.591. The summed E-state index contributed by atoms with van der Waals surface area (Å²) in [6.07, 6.45) is 7.95. The Bertz CT molecular complexity index is 374. The Labute approximate surface area is 116 Å². The van der Waals surface area contributed by atoms with Crippen molar-refractivity contribution in [2.45, 2.75) is 52.0 Å². The maximum absolute atomic E-state index is 12.0. The molecule has 1 amide bonds. The van der Waals surface area contributed by atoms with Gasteiger partial charge >= 0.3 is 0 Å². The molecule has 1 rings (SSSR count). The van der Waals surface area contributed by atoms with E-state index in [-0.39, 0.29) is 17.2 Å². The van der Waals surface area contributed by atoms with Crippen LogP contribution in [-0.4, -0.2) is 17.7 Å². The van der Waals surface area contributed by atoms with Gasteiger partial charge in [0.1, 0.15) is 0 Å². The van der Waals surface area contributed by atoms with E-state index in [4.69, 9.17) is 0 Å². The zero-order valence-corrected chi connectivity index (χ0v) is 12.2. The molecule has 0 unspecified atom stereocenters. The Morgan fingerprint density at radius 3 is 2.42 bits per heavy atom. The highest BCUT2D eigenvalue weighted by Gasteiger charge is 2.32. The predicted molar refractivity (Wildman–Crippen MR) is 77.7 cm³/mol. The summed E-state index contributed by atoms with van der Waals surface area (Å²) in [6.45, 7) is 10.1. The van der Waals surface area contributed by atoms with Gasteiger partial charge in [-0.15, -0.1) is 0 Å². The second-order valence-corrected chi connectivity index (χ2v) is 6.09. The molecule has 0 heterocycles. The number of nitrogens with one attached hydrogen (secondary N) is 1. The van der Waals surface area contributed by atoms with E-state index in [0.717, 1.165) is 32.1 Å². The highest BCUT2D eigenvalue weighted by atomic mass is 16.1. The third-order valence-corrected chi connectivity index (χ3v) is 3.94. The molecule has 1 aliphatic carbocycles. The lowest BCUT2D eigenvalue weighted by molar-refractivity contribution is -0.113. The number of hydrogen-bond donors (Lipinski definition) is 1. The lowest BCUT2D eigenvalue weighted by Gasteiger charge is -2.37. The van der Waals surface area contributed by atoms with Crippen molar-refractivity contribution in [3.05, 3.63) is 24.3 Å². The van der Waals surface area contributed by atoms with Crippen molar-refractivity contribution in [1.82, 2.24) is 5.32 Å². The number of hydrogen-bond acceptors (Lipinski definition) is 2. The summed E-state index contributed by atoms with van der Waals surface area (Å²) in [6, 6.07) is 0. The molecule has 106 valence electrons. The molecule has 0 aromatic carbocycles. The van der Waals surface area contributed by atoms with E-state index in [1.54, 1.807) is 6.08 Å². The minimum absolute atomic E-state index is 0.0469. The van der Waals surface area contributed by atoms with Gasteiger partial charge < -0.3 is 5.32 Å². The number of carbonyl (C=O) groups is 2. The molecule has 1 aliphatic rings. The van der Waals surface area contributed by atoms with Gasteiger partial charge in [0.15, 0.2) is 5.78 Å². The van der Waals surface area contributed by atoms with E-state index in [9.17, 15) is 9.59 Å². The number of ketones is 1. The molecule has 0 spiro atoms. The van der Waals surface area contributed by atoms with Gasteiger partial charge in [0.25, 0.3) is 0 Å². The van der Waals surface area contributed by atoms with E-state index in [2.05, 4.69) is 18.8 Å². The van der Waals surface area contributed by atoms with Crippen LogP contribution in [0.5, 0.6) is 0 Å². The largest absolute Gasteiger partial charge is 0.354 e. The van der Waals surface area contributed by atoms with Gasteiger partial charge in [-0.05, 0) is 56.1 Å². The molecule has 1 N–H and O–H groups in total. The third-order valence-electron chi connectivity index (χ3n) is 3.94. The molecule has 1 saturated carbocycles. The minimum Gasteiger partial charge on any atom is -0.354 e. The molecule has 0 atom stereocenters. The van der Waals surface area contributed by atoms with Crippen LogP contribution in [0.1, 0.15) is 46.5 Å². The van der Waals surface area contributed by atoms with Crippen LogP contribution in [0.25, 0.3) is 0 Å². The fourth-order valence-corrected chi connectivity index (χ4v) is 2.48. The highest BCUT2D eigenvalue weighted by molar-refractivity contribution is 6.03. The van der Waals surface area contributed by atoms with E-state index in [1.807, 2.05) is 19.9 Å². The van der Waals surface area contributed by atoms with Gasteiger partial charge in [-0.1, -0.05) is 26.5 Å². The highest BCUT2D eigenvalue weighted by Crippen LogP contribution is 2.35. The smallest absolute Gasteiger partial charge is 0.207 e. The Hall–Kier alpha value is -1.38. The number of carbonyl (C=O) groups excluding carboxylic acids is 2. The van der Waals surface area contributed by atoms with E-state index in [1.165, 1.54) is 0 Å². The Morgan fingerprint density at radius 2 is 1.95 bits per heavy atom. The molecule has 0 saturated heterocycles. The van der Waals surface area contributed by atoms with Gasteiger partial charge in [-0.3, -0.25) is 9.59 Å². The minimum atomic E-state index is -0.116. The van der Waals surface area contributed by atoms with Gasteiger partial charge in [-0.25, -0.2) is 0 Å². The first-order valence-electron chi connectivity index (χ1n) is 7.00. The first-order valence-corrected chi connectivity index (χ1v) is 7.00. The summed E-state index contributed by atoms with van der Waals surface area (Å²) in [5.74, 6) is 0.680. The van der Waals surface area contributed by atoms with Gasteiger partial charge in [0.05, 0.1) is 0 Å². The molecular weight excluding hydrogens is 238 g/mol. The van der Waals surface area contributed by atoms with Crippen LogP contribution in [0.2, 0.25) is 0 Å². The van der Waals surface area contributed by atoms with Crippen molar-refractivity contribution in [3.63, 3.8) is 0 Å². The van der Waals surface area contributed by atoms with Crippen LogP contribution in [0.4, 0.5) is 0 Å². The number of amides is 1. The zero-order chi connectivity index (χ0) is 14.5. The maximum Gasteiger partial charge on any atom is 0.207 e. The summed E-state index contributed by atoms with van der Waals surface area (Å²) in [5, 5.41) is 2.88. The van der Waals surface area contributed by atoms with Gasteiger partial charge in [-0.2, -0.15) is 0 Å². The van der Waals surface area contributed by atoms with E-state index < -0.39 is 0 Å². The van der Waals surface area contributed by atoms with Crippen molar-refractivity contribution in [2.24, 2.45) is 11.8 Å². The first kappa shape index (κ1) is 15.7. The van der Waals surface area contributed by atoms with Gasteiger partial charge in [0, 0.05) is 5.54 Å². The lowest BCUT2D eigenvalue weighted by atomic mass is 9.74. The second-order valence-electron chi connectivity index (χ2n) is 6.09. The summed E-state index contributed by atoms with van der Waals surface area (Å²) in [4.78, 5) is 22.5. The monoisotopic (exact) mass is 263 g/mol. The average molecular weight is 263 g/mol. The fraction of sp³-hybridized carbons (Fsp3) is 0.625. The third kappa shape index (κ3) is 4.66. The van der Waals surface area contributed by atoms with Crippen LogP contribution in [-0.2, 0) is 9.59 Å². The lowest BCUT2D eigenvalue weighted by Crippen LogP contribution is -2.44. The fourth-order valence-electron chi connectivity index (χ4n) is 2.48. The SMILES string of the molecule is C=C(C(=O)/C=C/C(C)C)C1CCC(C)(NC=O)CC1. The summed E-state index contributed by atoms with van der Waals surface area (Å²) in [5.41, 5.74) is 0.597. The average Bonchev–Trinajstić information content (AvgIpc) is 2.36. The summed E-state index contributed by atoms with van der Waals surface area (Å²) in [7, 11) is 0. The van der Waals surface area contributed by atoms with E-state index >= 15 is 0 Å². The Morgan fingerprint density at radius 1 is 1.37 bits per heavy atom. The molecule has 0 aromatic heterocycles. The molecule has 19 heavy (non-hydrogen) atoms. The molecule has 0 aromatic rings. The number of rotatable bonds is 6. The Balaban J connectivity index is 2.53. The van der Waals surface area contributed by atoms with Crippen LogP contribution < -0.4 is 5.32 Å². The maximum atomic E-state index is 12.0. The standard InChI is InChI=1S/C16H25NO2/c1-12(2)5-6-15(19)13(3)14-7-9-16(4,10-8-14)17-11-18/h5-6,11-12,14H,3,7-10H2,1-2,4H3,(H,17,18)/b6-5+. The first-order chi connectivity index (χ1) is 8.88. The molecule has 0 bridgehead atoms. The normalized spacial score (nSPS) is 27.5. The summed E-state index contributed by atoms with van der Waals surface area (Å²) >= 11 is 0. The van der Waals surface area contributed by atoms with Gasteiger partial charge in [0.2, 0.25) is 6.41 Å². The van der Waals surface area contributed by atoms with Crippen molar-refractivity contribution >= 4 is 12.2 Å². The van der Waals surface area contributed by atoms with Crippen molar-refractivity contribution in [3.8, 4) is 0 Å². The van der Waals surface area contributed by atoms with Crippen molar-refractivity contribution < 1.29 is 9.59 Å². The van der Waals surface area contributed by atoms with Crippen LogP contribution in [0, 0.1) is 11.8 Å². The van der Waals surface area contributed by atoms with Crippen molar-refractivity contribution in [1.29, 1.82) is 0 Å².